The van der Waals surface area contributed by atoms with Crippen molar-refractivity contribution in [2.24, 2.45) is 0 Å². The first kappa shape index (κ1) is 9.96. The molecule has 5 heteroatoms. The highest BCUT2D eigenvalue weighted by Gasteiger charge is 2.25. The average molecular weight is 184 g/mol. The maximum absolute atomic E-state index is 11.3. The van der Waals surface area contributed by atoms with Crippen molar-refractivity contribution in [3.63, 3.8) is 0 Å². The molecule has 1 rings (SSSR count). The van der Waals surface area contributed by atoms with Crippen LogP contribution >= 0.6 is 0 Å². The van der Waals surface area contributed by atoms with Crippen LogP contribution in [-0.4, -0.2) is 47.8 Å². The highest BCUT2D eigenvalue weighted by molar-refractivity contribution is 5.80. The third-order valence-electron chi connectivity index (χ3n) is 1.88. The molecule has 0 bridgehead atoms. The van der Waals surface area contributed by atoms with Gasteiger partial charge in [0, 0.05) is 6.54 Å². The molecule has 0 aromatic rings. The minimum Gasteiger partial charge on any atom is -0.384 e. The quantitative estimate of drug-likeness (QED) is 0.574. The van der Waals surface area contributed by atoms with Crippen LogP contribution in [0.1, 0.15) is 6.92 Å². The van der Waals surface area contributed by atoms with E-state index in [2.05, 4.69) is 0 Å². The normalized spacial score (nSPS) is 25.0. The number of hydrogen-bond donors (Lipinski definition) is 1. The Labute approximate surface area is 76.5 Å². The van der Waals surface area contributed by atoms with Gasteiger partial charge in [0.2, 0.25) is 0 Å². The van der Waals surface area contributed by atoms with Gasteiger partial charge in [0.15, 0.2) is 6.10 Å². The van der Waals surface area contributed by atoms with Crippen LogP contribution in [0.3, 0.4) is 0 Å². The highest BCUT2D eigenvalue weighted by atomic mass is 16.5. The number of nitrogens with zero attached hydrogens (tertiary/aromatic N) is 2. The summed E-state index contributed by atoms with van der Waals surface area (Å²) in [5.41, 5.74) is 0. The number of carbonyl (C=O) groups excluding carboxylic acids is 1. The lowest BCUT2D eigenvalue weighted by Gasteiger charge is -2.30. The van der Waals surface area contributed by atoms with Crippen LogP contribution in [-0.2, 0) is 9.53 Å². The molecule has 1 aliphatic rings. The number of rotatable bonds is 1. The van der Waals surface area contributed by atoms with Crippen LogP contribution in [0.25, 0.3) is 0 Å². The van der Waals surface area contributed by atoms with Gasteiger partial charge in [-0.2, -0.15) is 5.26 Å². The van der Waals surface area contributed by atoms with E-state index < -0.39 is 12.2 Å². The number of carbonyl (C=O) groups is 1. The minimum atomic E-state index is -1.00. The molecule has 13 heavy (non-hydrogen) atoms. The van der Waals surface area contributed by atoms with Gasteiger partial charge in [-0.05, 0) is 6.92 Å². The zero-order valence-electron chi connectivity index (χ0n) is 7.43. The van der Waals surface area contributed by atoms with Crippen LogP contribution in [0.2, 0.25) is 0 Å². The Balaban J connectivity index is 2.52. The van der Waals surface area contributed by atoms with Crippen molar-refractivity contribution in [1.29, 1.82) is 5.26 Å². The van der Waals surface area contributed by atoms with Gasteiger partial charge in [0.05, 0.1) is 19.2 Å². The first-order valence-corrected chi connectivity index (χ1v) is 4.13. The molecule has 0 aromatic heterocycles. The molecule has 1 heterocycles. The summed E-state index contributed by atoms with van der Waals surface area (Å²) >= 11 is 0. The van der Waals surface area contributed by atoms with Crippen molar-refractivity contribution < 1.29 is 14.6 Å². The number of amides is 1. The van der Waals surface area contributed by atoms with Gasteiger partial charge >= 0.3 is 0 Å². The van der Waals surface area contributed by atoms with Crippen LogP contribution < -0.4 is 0 Å². The molecule has 1 amide bonds. The van der Waals surface area contributed by atoms with E-state index in [4.69, 9.17) is 15.1 Å². The van der Waals surface area contributed by atoms with Crippen molar-refractivity contribution >= 4 is 5.91 Å². The minimum absolute atomic E-state index is 0.250. The standard InChI is InChI=1S/C8H12N2O3/c1-6(11)8(12)10-2-3-13-7(4-9)5-10/h6-7,11H,2-3,5H2,1H3. The number of hydrogen-bond acceptors (Lipinski definition) is 4. The lowest BCUT2D eigenvalue weighted by atomic mass is 10.2. The lowest BCUT2D eigenvalue weighted by molar-refractivity contribution is -0.145. The van der Waals surface area contributed by atoms with E-state index in [1.54, 1.807) is 0 Å². The number of morpholine rings is 1. The molecule has 2 unspecified atom stereocenters. The summed E-state index contributed by atoms with van der Waals surface area (Å²) in [5, 5.41) is 17.6. The van der Waals surface area contributed by atoms with Crippen LogP contribution in [0.5, 0.6) is 0 Å². The Morgan fingerprint density at radius 2 is 2.54 bits per heavy atom. The number of nitriles is 1. The summed E-state index contributed by atoms with van der Waals surface area (Å²) < 4.78 is 5.05. The van der Waals surface area contributed by atoms with Gasteiger partial charge in [-0.25, -0.2) is 0 Å². The number of aliphatic hydroxyl groups is 1. The van der Waals surface area contributed by atoms with E-state index in [1.165, 1.54) is 11.8 Å². The number of ether oxygens (including phenoxy) is 1. The molecule has 1 aliphatic heterocycles. The van der Waals surface area contributed by atoms with Crippen LogP contribution in [0.4, 0.5) is 0 Å². The zero-order chi connectivity index (χ0) is 9.84. The average Bonchev–Trinajstić information content (AvgIpc) is 2.16. The van der Waals surface area contributed by atoms with E-state index >= 15 is 0 Å². The maximum Gasteiger partial charge on any atom is 0.251 e. The van der Waals surface area contributed by atoms with Crippen molar-refractivity contribution in [1.82, 2.24) is 4.90 Å². The zero-order valence-corrected chi connectivity index (χ0v) is 7.43. The van der Waals surface area contributed by atoms with Crippen molar-refractivity contribution in [2.45, 2.75) is 19.1 Å². The van der Waals surface area contributed by atoms with Gasteiger partial charge < -0.3 is 14.7 Å². The Kier molecular flexibility index (Phi) is 3.23. The summed E-state index contributed by atoms with van der Waals surface area (Å²) in [4.78, 5) is 12.7. The van der Waals surface area contributed by atoms with Gasteiger partial charge in [-0.15, -0.1) is 0 Å². The molecule has 0 aromatic carbocycles. The summed E-state index contributed by atoms with van der Waals surface area (Å²) in [6, 6.07) is 1.93. The topological polar surface area (TPSA) is 73.6 Å². The number of aliphatic hydroxyl groups excluding tert-OH is 1. The Morgan fingerprint density at radius 3 is 3.08 bits per heavy atom. The van der Waals surface area contributed by atoms with Crippen molar-refractivity contribution in [2.75, 3.05) is 19.7 Å². The predicted molar refractivity (Wildman–Crippen MR) is 43.6 cm³/mol. The molecule has 0 spiro atoms. The smallest absolute Gasteiger partial charge is 0.251 e. The molecular weight excluding hydrogens is 172 g/mol. The Morgan fingerprint density at radius 1 is 1.85 bits per heavy atom. The Bertz CT molecular complexity index is 234. The van der Waals surface area contributed by atoms with Gasteiger partial charge in [0.1, 0.15) is 6.10 Å². The first-order chi connectivity index (χ1) is 6.15. The largest absolute Gasteiger partial charge is 0.384 e. The first-order valence-electron chi connectivity index (χ1n) is 4.13. The molecule has 72 valence electrons. The van der Waals surface area contributed by atoms with E-state index in [-0.39, 0.29) is 12.5 Å². The van der Waals surface area contributed by atoms with Crippen LogP contribution in [0.15, 0.2) is 0 Å². The van der Waals surface area contributed by atoms with E-state index in [0.717, 1.165) is 0 Å². The summed E-state index contributed by atoms with van der Waals surface area (Å²) in [7, 11) is 0. The van der Waals surface area contributed by atoms with E-state index in [0.29, 0.717) is 13.2 Å². The fraction of sp³-hybridized carbons (Fsp3) is 0.750. The second-order valence-electron chi connectivity index (χ2n) is 2.95. The summed E-state index contributed by atoms with van der Waals surface area (Å²) in [5.74, 6) is -0.344. The Hall–Kier alpha value is -1.12. The van der Waals surface area contributed by atoms with Gasteiger partial charge in [-0.3, -0.25) is 4.79 Å². The third-order valence-corrected chi connectivity index (χ3v) is 1.88. The fourth-order valence-electron chi connectivity index (χ4n) is 1.19. The summed E-state index contributed by atoms with van der Waals surface area (Å²) in [6.07, 6.45) is -1.56. The molecule has 5 nitrogen and oxygen atoms in total. The maximum atomic E-state index is 11.3. The monoisotopic (exact) mass is 184 g/mol. The van der Waals surface area contributed by atoms with Crippen molar-refractivity contribution in [3.05, 3.63) is 0 Å². The third kappa shape index (κ3) is 2.41. The fourth-order valence-corrected chi connectivity index (χ4v) is 1.19. The SMILES string of the molecule is CC(O)C(=O)N1CCOC(C#N)C1. The molecule has 0 radical (unpaired) electrons. The molecule has 2 atom stereocenters. The van der Waals surface area contributed by atoms with Gasteiger partial charge in [0.25, 0.3) is 5.91 Å². The van der Waals surface area contributed by atoms with E-state index in [1.807, 2.05) is 6.07 Å². The van der Waals surface area contributed by atoms with Gasteiger partial charge in [-0.1, -0.05) is 0 Å². The summed E-state index contributed by atoms with van der Waals surface area (Å²) in [6.45, 7) is 2.47. The van der Waals surface area contributed by atoms with E-state index in [9.17, 15) is 4.79 Å². The molecule has 1 fully saturated rings. The molecule has 0 aliphatic carbocycles. The lowest BCUT2D eigenvalue weighted by Crippen LogP contribution is -2.48. The molecular formula is C8H12N2O3. The molecule has 0 saturated carbocycles. The second-order valence-corrected chi connectivity index (χ2v) is 2.95. The van der Waals surface area contributed by atoms with Crippen molar-refractivity contribution in [3.8, 4) is 6.07 Å². The predicted octanol–water partition coefficient (Wildman–Crippen LogP) is -0.882. The highest BCUT2D eigenvalue weighted by Crippen LogP contribution is 2.05. The van der Waals surface area contributed by atoms with Crippen LogP contribution in [0, 0.1) is 11.3 Å². The molecule has 1 saturated heterocycles. The molecule has 1 N–H and O–H groups in total. The second kappa shape index (κ2) is 4.21.